The van der Waals surface area contributed by atoms with Gasteiger partial charge in [0, 0.05) is 10.5 Å². The van der Waals surface area contributed by atoms with Crippen molar-refractivity contribution < 1.29 is 13.5 Å². The lowest BCUT2D eigenvalue weighted by molar-refractivity contribution is 0.301. The fourth-order valence-electron chi connectivity index (χ4n) is 1.90. The third-order valence-electron chi connectivity index (χ3n) is 2.75. The molecule has 5 heteroatoms. The van der Waals surface area contributed by atoms with Gasteiger partial charge in [0.1, 0.15) is 24.0 Å². The van der Waals surface area contributed by atoms with Crippen LogP contribution < -0.4 is 10.5 Å². The number of halogens is 3. The first-order chi connectivity index (χ1) is 9.58. The molecule has 0 aliphatic heterocycles. The summed E-state index contributed by atoms with van der Waals surface area (Å²) in [6, 6.07) is 8.93. The maximum Gasteiger partial charge on any atom is 0.126 e. The average Bonchev–Trinajstić information content (AvgIpc) is 2.37. The van der Waals surface area contributed by atoms with Crippen LogP contribution in [-0.4, -0.2) is 6.54 Å². The molecule has 0 saturated heterocycles. The Morgan fingerprint density at radius 2 is 1.75 bits per heavy atom. The second-order valence-electron chi connectivity index (χ2n) is 4.36. The van der Waals surface area contributed by atoms with Crippen LogP contribution in [0.15, 0.2) is 40.9 Å². The lowest BCUT2D eigenvalue weighted by Gasteiger charge is -2.12. The molecule has 0 saturated carbocycles. The van der Waals surface area contributed by atoms with E-state index in [9.17, 15) is 8.78 Å². The number of hydrogen-bond donors (Lipinski definition) is 1. The van der Waals surface area contributed by atoms with E-state index in [4.69, 9.17) is 10.5 Å². The van der Waals surface area contributed by atoms with Gasteiger partial charge in [-0.05, 0) is 54.4 Å². The molecule has 0 unspecified atom stereocenters. The summed E-state index contributed by atoms with van der Waals surface area (Å²) in [4.78, 5) is 0. The Balaban J connectivity index is 2.13. The molecule has 0 radical (unpaired) electrons. The SMILES string of the molecule is NCCc1cc(Br)ccc1OCc1cc(F)cc(F)c1. The Morgan fingerprint density at radius 3 is 2.40 bits per heavy atom. The van der Waals surface area contributed by atoms with Crippen molar-refractivity contribution >= 4 is 15.9 Å². The molecule has 0 aliphatic carbocycles. The quantitative estimate of drug-likeness (QED) is 0.897. The zero-order valence-electron chi connectivity index (χ0n) is 10.7. The molecule has 2 nitrogen and oxygen atoms in total. The normalized spacial score (nSPS) is 10.6. The lowest BCUT2D eigenvalue weighted by Crippen LogP contribution is -2.06. The maximum atomic E-state index is 13.1. The molecule has 2 rings (SSSR count). The number of benzene rings is 2. The third kappa shape index (κ3) is 4.02. The highest BCUT2D eigenvalue weighted by Gasteiger charge is 2.06. The van der Waals surface area contributed by atoms with Gasteiger partial charge in [0.25, 0.3) is 0 Å². The van der Waals surface area contributed by atoms with Crippen molar-refractivity contribution in [2.75, 3.05) is 6.54 Å². The molecule has 0 spiro atoms. The van der Waals surface area contributed by atoms with Gasteiger partial charge in [-0.1, -0.05) is 15.9 Å². The van der Waals surface area contributed by atoms with Crippen molar-refractivity contribution in [3.05, 3.63) is 63.6 Å². The summed E-state index contributed by atoms with van der Waals surface area (Å²) in [5, 5.41) is 0. The van der Waals surface area contributed by atoms with Gasteiger partial charge < -0.3 is 10.5 Å². The Kier molecular flexibility index (Phi) is 5.09. The van der Waals surface area contributed by atoms with Gasteiger partial charge in [0.2, 0.25) is 0 Å². The highest BCUT2D eigenvalue weighted by atomic mass is 79.9. The molecule has 0 heterocycles. The van der Waals surface area contributed by atoms with Crippen molar-refractivity contribution in [2.24, 2.45) is 5.73 Å². The second kappa shape index (κ2) is 6.81. The van der Waals surface area contributed by atoms with Crippen LogP contribution in [0, 0.1) is 11.6 Å². The standard InChI is InChI=1S/C15H14BrF2NO/c16-12-1-2-15(11(7-12)3-4-19)20-9-10-5-13(17)8-14(18)6-10/h1-2,5-8H,3-4,9,19H2. The Bertz CT molecular complexity index is 584. The third-order valence-corrected chi connectivity index (χ3v) is 3.25. The molecule has 0 amide bonds. The van der Waals surface area contributed by atoms with E-state index in [2.05, 4.69) is 15.9 Å². The van der Waals surface area contributed by atoms with Gasteiger partial charge in [-0.3, -0.25) is 0 Å². The monoisotopic (exact) mass is 341 g/mol. The van der Waals surface area contributed by atoms with E-state index in [1.54, 1.807) is 0 Å². The number of hydrogen-bond acceptors (Lipinski definition) is 2. The molecule has 106 valence electrons. The summed E-state index contributed by atoms with van der Waals surface area (Å²) in [6.45, 7) is 0.606. The number of ether oxygens (including phenoxy) is 1. The summed E-state index contributed by atoms with van der Waals surface area (Å²) >= 11 is 3.39. The van der Waals surface area contributed by atoms with Gasteiger partial charge in [0.05, 0.1) is 0 Å². The van der Waals surface area contributed by atoms with Gasteiger partial charge in [0.15, 0.2) is 0 Å². The molecule has 20 heavy (non-hydrogen) atoms. The van der Waals surface area contributed by atoms with Crippen molar-refractivity contribution in [2.45, 2.75) is 13.0 Å². The van der Waals surface area contributed by atoms with Crippen LogP contribution in [0.3, 0.4) is 0 Å². The smallest absolute Gasteiger partial charge is 0.126 e. The van der Waals surface area contributed by atoms with E-state index in [-0.39, 0.29) is 6.61 Å². The molecule has 2 aromatic carbocycles. The molecule has 0 atom stereocenters. The Hall–Kier alpha value is -1.46. The molecular weight excluding hydrogens is 328 g/mol. The minimum atomic E-state index is -0.610. The first-order valence-electron chi connectivity index (χ1n) is 6.15. The van der Waals surface area contributed by atoms with Crippen molar-refractivity contribution in [1.82, 2.24) is 0 Å². The van der Waals surface area contributed by atoms with Gasteiger partial charge in [-0.2, -0.15) is 0 Å². The van der Waals surface area contributed by atoms with Crippen LogP contribution in [0.5, 0.6) is 5.75 Å². The first-order valence-corrected chi connectivity index (χ1v) is 6.94. The minimum absolute atomic E-state index is 0.105. The predicted octanol–water partition coefficient (Wildman–Crippen LogP) is 3.81. The van der Waals surface area contributed by atoms with Crippen LogP contribution in [-0.2, 0) is 13.0 Å². The predicted molar refractivity (Wildman–Crippen MR) is 77.6 cm³/mol. The molecule has 0 aliphatic rings. The van der Waals surface area contributed by atoms with Crippen molar-refractivity contribution in [3.63, 3.8) is 0 Å². The number of nitrogens with two attached hydrogens (primary N) is 1. The molecule has 0 bridgehead atoms. The number of rotatable bonds is 5. The van der Waals surface area contributed by atoms with Crippen LogP contribution in [0.4, 0.5) is 8.78 Å². The summed E-state index contributed by atoms with van der Waals surface area (Å²) in [5.41, 5.74) is 6.96. The van der Waals surface area contributed by atoms with Crippen LogP contribution in [0.2, 0.25) is 0 Å². The van der Waals surface area contributed by atoms with E-state index < -0.39 is 11.6 Å². The summed E-state index contributed by atoms with van der Waals surface area (Å²) < 4.78 is 32.7. The van der Waals surface area contributed by atoms with Crippen LogP contribution in [0.25, 0.3) is 0 Å². The fourth-order valence-corrected chi connectivity index (χ4v) is 2.30. The second-order valence-corrected chi connectivity index (χ2v) is 5.27. The highest BCUT2D eigenvalue weighted by molar-refractivity contribution is 9.10. The Labute approximate surface area is 124 Å². The first kappa shape index (κ1) is 14.9. The fraction of sp³-hybridized carbons (Fsp3) is 0.200. The largest absolute Gasteiger partial charge is 0.489 e. The Morgan fingerprint density at radius 1 is 1.05 bits per heavy atom. The van der Waals surface area contributed by atoms with E-state index >= 15 is 0 Å². The lowest BCUT2D eigenvalue weighted by atomic mass is 10.1. The molecule has 2 N–H and O–H groups in total. The maximum absolute atomic E-state index is 13.1. The van der Waals surface area contributed by atoms with Gasteiger partial charge >= 0.3 is 0 Å². The summed E-state index contributed by atoms with van der Waals surface area (Å²) in [6.07, 6.45) is 0.673. The molecular formula is C15H14BrF2NO. The van der Waals surface area contributed by atoms with Gasteiger partial charge in [-0.25, -0.2) is 8.78 Å². The molecule has 2 aromatic rings. The molecule has 0 aromatic heterocycles. The van der Waals surface area contributed by atoms with Crippen LogP contribution in [0.1, 0.15) is 11.1 Å². The zero-order chi connectivity index (χ0) is 14.5. The van der Waals surface area contributed by atoms with Crippen LogP contribution >= 0.6 is 15.9 Å². The topological polar surface area (TPSA) is 35.2 Å². The van der Waals surface area contributed by atoms with Gasteiger partial charge in [-0.15, -0.1) is 0 Å². The molecule has 0 fully saturated rings. The zero-order valence-corrected chi connectivity index (χ0v) is 12.3. The van der Waals surface area contributed by atoms with Crippen molar-refractivity contribution in [1.29, 1.82) is 0 Å². The highest BCUT2D eigenvalue weighted by Crippen LogP contribution is 2.24. The summed E-state index contributed by atoms with van der Waals surface area (Å²) in [5.74, 6) is -0.550. The van der Waals surface area contributed by atoms with E-state index in [1.807, 2.05) is 18.2 Å². The minimum Gasteiger partial charge on any atom is -0.489 e. The van der Waals surface area contributed by atoms with E-state index in [0.717, 1.165) is 16.1 Å². The van der Waals surface area contributed by atoms with E-state index in [0.29, 0.717) is 24.3 Å². The average molecular weight is 342 g/mol. The van der Waals surface area contributed by atoms with Crippen molar-refractivity contribution in [3.8, 4) is 5.75 Å². The summed E-state index contributed by atoms with van der Waals surface area (Å²) in [7, 11) is 0. The van der Waals surface area contributed by atoms with E-state index in [1.165, 1.54) is 12.1 Å².